The number of hydrogen-bond donors (Lipinski definition) is 1. The van der Waals surface area contributed by atoms with Gasteiger partial charge in [-0.05, 0) is 49.6 Å². The van der Waals surface area contributed by atoms with Gasteiger partial charge in [-0.3, -0.25) is 9.69 Å². The Morgan fingerprint density at radius 1 is 1.47 bits per heavy atom. The first-order chi connectivity index (χ1) is 9.06. The molecule has 0 spiro atoms. The molecule has 1 N–H and O–H groups in total. The fraction of sp³-hybridized carbons (Fsp3) is 0.533. The Morgan fingerprint density at radius 2 is 2.26 bits per heavy atom. The molecule has 1 aliphatic rings. The van der Waals surface area contributed by atoms with E-state index in [0.29, 0.717) is 0 Å². The summed E-state index contributed by atoms with van der Waals surface area (Å²) in [4.78, 5) is 13.2. The minimum atomic E-state index is -0.704. The second-order valence-corrected chi connectivity index (χ2v) is 5.73. The molecule has 3 nitrogen and oxygen atoms in total. The summed E-state index contributed by atoms with van der Waals surface area (Å²) in [5.74, 6) is -0.704. The van der Waals surface area contributed by atoms with E-state index in [1.165, 1.54) is 11.1 Å². The maximum atomic E-state index is 10.9. The Labute approximate surface area is 119 Å². The molecule has 1 aromatic carbocycles. The average molecular weight is 282 g/mol. The second-order valence-electron chi connectivity index (χ2n) is 5.29. The van der Waals surface area contributed by atoms with Crippen LogP contribution in [0, 0.1) is 6.92 Å². The standard InChI is InChI=1S/C15H20ClNO2/c1-11-8-13(16)6-5-12(11)10-17-7-3-2-4-14(17)9-15(18)19/h5-6,8,14H,2-4,7,9-10H2,1H3,(H,18,19). The lowest BCUT2D eigenvalue weighted by atomic mass is 9.98. The van der Waals surface area contributed by atoms with E-state index in [4.69, 9.17) is 16.7 Å². The Kier molecular flexibility index (Phi) is 4.83. The van der Waals surface area contributed by atoms with Gasteiger partial charge in [-0.15, -0.1) is 0 Å². The third kappa shape index (κ3) is 3.95. The number of nitrogens with zero attached hydrogens (tertiary/aromatic N) is 1. The van der Waals surface area contributed by atoms with E-state index >= 15 is 0 Å². The van der Waals surface area contributed by atoms with E-state index in [-0.39, 0.29) is 12.5 Å². The minimum Gasteiger partial charge on any atom is -0.481 e. The van der Waals surface area contributed by atoms with E-state index in [9.17, 15) is 4.79 Å². The van der Waals surface area contributed by atoms with Crippen molar-refractivity contribution in [3.05, 3.63) is 34.3 Å². The van der Waals surface area contributed by atoms with Crippen LogP contribution >= 0.6 is 11.6 Å². The Balaban J connectivity index is 2.08. The van der Waals surface area contributed by atoms with E-state index in [2.05, 4.69) is 11.8 Å². The number of likely N-dealkylation sites (tertiary alicyclic amines) is 1. The van der Waals surface area contributed by atoms with Crippen molar-refractivity contribution in [2.75, 3.05) is 6.54 Å². The Hall–Kier alpha value is -1.06. The zero-order valence-corrected chi connectivity index (χ0v) is 12.0. The molecule has 1 fully saturated rings. The maximum Gasteiger partial charge on any atom is 0.304 e. The Bertz CT molecular complexity index is 461. The normalized spacial score (nSPS) is 20.4. The number of carboxylic acids is 1. The number of carboxylic acid groups (broad SMARTS) is 1. The first-order valence-electron chi connectivity index (χ1n) is 6.77. The monoisotopic (exact) mass is 281 g/mol. The summed E-state index contributed by atoms with van der Waals surface area (Å²) < 4.78 is 0. The quantitative estimate of drug-likeness (QED) is 0.919. The number of benzene rings is 1. The fourth-order valence-electron chi connectivity index (χ4n) is 2.76. The highest BCUT2D eigenvalue weighted by Crippen LogP contribution is 2.24. The molecule has 1 aromatic rings. The molecule has 0 bridgehead atoms. The highest BCUT2D eigenvalue weighted by atomic mass is 35.5. The van der Waals surface area contributed by atoms with Gasteiger partial charge in [-0.25, -0.2) is 0 Å². The molecule has 1 heterocycles. The molecule has 2 rings (SSSR count). The third-order valence-corrected chi connectivity index (χ3v) is 4.07. The lowest BCUT2D eigenvalue weighted by Gasteiger charge is -2.35. The minimum absolute atomic E-state index is 0.168. The molecular weight excluding hydrogens is 262 g/mol. The predicted molar refractivity (Wildman–Crippen MR) is 76.5 cm³/mol. The summed E-state index contributed by atoms with van der Waals surface area (Å²) >= 11 is 5.97. The SMILES string of the molecule is Cc1cc(Cl)ccc1CN1CCCCC1CC(=O)O. The van der Waals surface area contributed by atoms with Gasteiger partial charge in [-0.1, -0.05) is 24.1 Å². The zero-order valence-electron chi connectivity index (χ0n) is 11.2. The molecule has 104 valence electrons. The van der Waals surface area contributed by atoms with Gasteiger partial charge in [0.2, 0.25) is 0 Å². The van der Waals surface area contributed by atoms with Gasteiger partial charge in [0.05, 0.1) is 6.42 Å². The Morgan fingerprint density at radius 3 is 2.95 bits per heavy atom. The summed E-state index contributed by atoms with van der Waals surface area (Å²) in [6, 6.07) is 6.08. The van der Waals surface area contributed by atoms with Crippen LogP contribution in [-0.4, -0.2) is 28.6 Å². The lowest BCUT2D eigenvalue weighted by molar-refractivity contribution is -0.138. The first-order valence-corrected chi connectivity index (χ1v) is 7.15. The molecule has 0 amide bonds. The predicted octanol–water partition coefficient (Wildman–Crippen LogP) is 3.48. The zero-order chi connectivity index (χ0) is 13.8. The molecule has 1 unspecified atom stereocenters. The molecule has 1 aliphatic heterocycles. The largest absolute Gasteiger partial charge is 0.481 e. The molecular formula is C15H20ClNO2. The number of halogens is 1. The number of hydrogen-bond acceptors (Lipinski definition) is 2. The van der Waals surface area contributed by atoms with Gasteiger partial charge in [0.1, 0.15) is 0 Å². The second kappa shape index (κ2) is 6.40. The molecule has 0 radical (unpaired) electrons. The van der Waals surface area contributed by atoms with Crippen molar-refractivity contribution in [3.8, 4) is 0 Å². The number of aryl methyl sites for hydroxylation is 1. The molecule has 0 saturated carbocycles. The average Bonchev–Trinajstić information content (AvgIpc) is 2.34. The van der Waals surface area contributed by atoms with Crippen molar-refractivity contribution in [1.82, 2.24) is 4.90 Å². The van der Waals surface area contributed by atoms with E-state index in [0.717, 1.165) is 37.4 Å². The van der Waals surface area contributed by atoms with Crippen molar-refractivity contribution >= 4 is 17.6 Å². The topological polar surface area (TPSA) is 40.5 Å². The molecule has 0 aliphatic carbocycles. The van der Waals surface area contributed by atoms with Crippen LogP contribution in [0.1, 0.15) is 36.8 Å². The highest BCUT2D eigenvalue weighted by molar-refractivity contribution is 6.30. The van der Waals surface area contributed by atoms with Crippen molar-refractivity contribution in [2.24, 2.45) is 0 Å². The molecule has 4 heteroatoms. The number of aliphatic carboxylic acids is 1. The third-order valence-electron chi connectivity index (χ3n) is 3.84. The van der Waals surface area contributed by atoms with E-state index in [1.807, 2.05) is 18.2 Å². The molecule has 1 atom stereocenters. The van der Waals surface area contributed by atoms with Crippen molar-refractivity contribution in [3.63, 3.8) is 0 Å². The summed E-state index contributed by atoms with van der Waals surface area (Å²) in [7, 11) is 0. The van der Waals surface area contributed by atoms with Crippen LogP contribution in [0.2, 0.25) is 5.02 Å². The molecule has 1 saturated heterocycles. The van der Waals surface area contributed by atoms with E-state index in [1.54, 1.807) is 0 Å². The van der Waals surface area contributed by atoms with Gasteiger partial charge in [-0.2, -0.15) is 0 Å². The van der Waals surface area contributed by atoms with Gasteiger partial charge in [0.15, 0.2) is 0 Å². The summed E-state index contributed by atoms with van der Waals surface area (Å²) in [5.41, 5.74) is 2.41. The lowest BCUT2D eigenvalue weighted by Crippen LogP contribution is -2.40. The van der Waals surface area contributed by atoms with Crippen LogP contribution < -0.4 is 0 Å². The van der Waals surface area contributed by atoms with Crippen LogP contribution in [0.4, 0.5) is 0 Å². The summed E-state index contributed by atoms with van der Waals surface area (Å²) in [5, 5.41) is 9.75. The molecule has 19 heavy (non-hydrogen) atoms. The van der Waals surface area contributed by atoms with Crippen LogP contribution in [0.15, 0.2) is 18.2 Å². The molecule has 0 aromatic heterocycles. The maximum absolute atomic E-state index is 10.9. The van der Waals surface area contributed by atoms with Gasteiger partial charge in [0.25, 0.3) is 0 Å². The van der Waals surface area contributed by atoms with Crippen LogP contribution in [0.3, 0.4) is 0 Å². The van der Waals surface area contributed by atoms with Crippen LogP contribution in [-0.2, 0) is 11.3 Å². The van der Waals surface area contributed by atoms with Crippen molar-refractivity contribution in [1.29, 1.82) is 0 Å². The smallest absolute Gasteiger partial charge is 0.304 e. The van der Waals surface area contributed by atoms with E-state index < -0.39 is 5.97 Å². The van der Waals surface area contributed by atoms with Gasteiger partial charge >= 0.3 is 5.97 Å². The van der Waals surface area contributed by atoms with Crippen molar-refractivity contribution in [2.45, 2.75) is 45.2 Å². The number of rotatable bonds is 4. The highest BCUT2D eigenvalue weighted by Gasteiger charge is 2.24. The fourth-order valence-corrected chi connectivity index (χ4v) is 2.98. The van der Waals surface area contributed by atoms with Gasteiger partial charge in [0, 0.05) is 17.6 Å². The number of piperidine rings is 1. The van der Waals surface area contributed by atoms with Crippen molar-refractivity contribution < 1.29 is 9.90 Å². The first kappa shape index (κ1) is 14.4. The summed E-state index contributed by atoms with van der Waals surface area (Å²) in [6.07, 6.45) is 3.52. The number of carbonyl (C=O) groups is 1. The van der Waals surface area contributed by atoms with Crippen LogP contribution in [0.5, 0.6) is 0 Å². The summed E-state index contributed by atoms with van der Waals surface area (Å²) in [6.45, 7) is 3.86. The van der Waals surface area contributed by atoms with Crippen LogP contribution in [0.25, 0.3) is 0 Å². The van der Waals surface area contributed by atoms with Gasteiger partial charge < -0.3 is 5.11 Å².